The summed E-state index contributed by atoms with van der Waals surface area (Å²) in [6, 6.07) is 0. The number of aliphatic imine (C=N–C) groups is 1. The monoisotopic (exact) mass is 402 g/mol. The van der Waals surface area contributed by atoms with Crippen LogP contribution < -0.4 is 16.4 Å². The van der Waals surface area contributed by atoms with E-state index in [1.54, 1.807) is 0 Å². The van der Waals surface area contributed by atoms with Crippen LogP contribution in [0.2, 0.25) is 0 Å². The van der Waals surface area contributed by atoms with E-state index < -0.39 is 38.5 Å². The summed E-state index contributed by atoms with van der Waals surface area (Å²) >= 11 is 0. The molecule has 0 aliphatic carbocycles. The van der Waals surface area contributed by atoms with E-state index in [4.69, 9.17) is 24.5 Å². The summed E-state index contributed by atoms with van der Waals surface area (Å²) in [6.07, 6.45) is -3.10. The van der Waals surface area contributed by atoms with Gasteiger partial charge in [0.1, 0.15) is 0 Å². The maximum atomic E-state index is 10.8. The van der Waals surface area contributed by atoms with E-state index in [0.717, 1.165) is 18.8 Å². The van der Waals surface area contributed by atoms with Crippen LogP contribution in [0.1, 0.15) is 13.8 Å². The third-order valence-electron chi connectivity index (χ3n) is 5.31. The fourth-order valence-corrected chi connectivity index (χ4v) is 5.21. The Kier molecular flexibility index (Phi) is 5.00. The molecule has 0 aromatic carbocycles. The summed E-state index contributed by atoms with van der Waals surface area (Å²) in [5.41, 5.74) is 7.02. The van der Waals surface area contributed by atoms with Gasteiger partial charge in [0.15, 0.2) is 0 Å². The fraction of sp³-hybridized carbons (Fsp3) is 0.786. The molecule has 6 N–H and O–H groups in total. The van der Waals surface area contributed by atoms with Crippen LogP contribution in [0.25, 0.3) is 0 Å². The Hall–Kier alpha value is -1.14. The number of nitrogens with zero attached hydrogens (tertiary/aromatic N) is 3. The van der Waals surface area contributed by atoms with Crippen LogP contribution in [0, 0.1) is 0 Å². The van der Waals surface area contributed by atoms with Gasteiger partial charge >= 0.3 is 159 Å². The molecule has 4 aliphatic heterocycles. The van der Waals surface area contributed by atoms with Crippen LogP contribution in [0.5, 0.6) is 0 Å². The van der Waals surface area contributed by atoms with E-state index >= 15 is 0 Å². The first kappa shape index (κ1) is 19.2. The molecular weight excluding hydrogens is 374 g/mol. The third kappa shape index (κ3) is 3.29. The van der Waals surface area contributed by atoms with E-state index in [1.807, 2.05) is 4.90 Å². The number of hydrogen-bond donors (Lipinski definition) is 5. The van der Waals surface area contributed by atoms with Crippen LogP contribution in [-0.4, -0.2) is 90.4 Å². The normalized spacial score (nSPS) is 38.5. The second-order valence-corrected chi connectivity index (χ2v) is 9.44. The Balaban J connectivity index is 1.58. The predicted octanol–water partition coefficient (Wildman–Crippen LogP) is -2.86. The van der Waals surface area contributed by atoms with Crippen molar-refractivity contribution in [3.8, 4) is 0 Å². The van der Waals surface area contributed by atoms with Crippen molar-refractivity contribution in [1.29, 1.82) is 0 Å². The van der Waals surface area contributed by atoms with Gasteiger partial charge in [0, 0.05) is 0 Å². The van der Waals surface area contributed by atoms with Crippen molar-refractivity contribution in [2.24, 2.45) is 10.7 Å². The van der Waals surface area contributed by atoms with Gasteiger partial charge in [0.2, 0.25) is 0 Å². The first-order valence-electron chi connectivity index (χ1n) is 9.32. The molecule has 2 fully saturated rings. The maximum absolute atomic E-state index is 10.8. The molecule has 0 amide bonds. The quantitative estimate of drug-likeness (QED) is 0.248. The van der Waals surface area contributed by atoms with E-state index in [-0.39, 0.29) is 6.61 Å². The predicted molar refractivity (Wildman–Crippen MR) is 103 cm³/mol. The molecule has 0 spiro atoms. The number of aliphatic hydroxyl groups is 1. The summed E-state index contributed by atoms with van der Waals surface area (Å²) in [5.74, 6) is 1.34. The molecule has 4 unspecified atom stereocenters. The molecule has 0 aromatic rings. The first-order valence-corrected chi connectivity index (χ1v) is 11.6. The van der Waals surface area contributed by atoms with Gasteiger partial charge < -0.3 is 0 Å². The second kappa shape index (κ2) is 7.04. The van der Waals surface area contributed by atoms with Gasteiger partial charge in [-0.2, -0.15) is 0 Å². The molecule has 0 saturated carbocycles. The summed E-state index contributed by atoms with van der Waals surface area (Å²) in [6.45, 7) is 6.29. The third-order valence-corrected chi connectivity index (χ3v) is 6.72. The van der Waals surface area contributed by atoms with Crippen LogP contribution >= 0.6 is 7.82 Å². The zero-order valence-electron chi connectivity index (χ0n) is 15.8. The van der Waals surface area contributed by atoms with Crippen molar-refractivity contribution in [1.82, 2.24) is 20.4 Å². The Labute approximate surface area is 159 Å². The standard InChI is InChI=1S/C14H28BN6O5P/c1-3-20(4-2)14-18-11(16)8-12(19-14)21(6-17-8)13-9(22)10-7(25-13)5-24-27(15,23)26-10/h7,9-11,13,17,22-23,27H,3-6,15-16H2,1-2H3,(H,18,19)/t7?,9?,10-,11?,13?/m1/s1. The zero-order chi connectivity index (χ0) is 19.3. The van der Waals surface area contributed by atoms with Crippen LogP contribution in [0.3, 0.4) is 0 Å². The number of aliphatic hydroxyl groups excluding tert-OH is 1. The Morgan fingerprint density at radius 1 is 1.44 bits per heavy atom. The number of nitrogens with one attached hydrogen (secondary N) is 2. The summed E-state index contributed by atoms with van der Waals surface area (Å²) < 4.78 is 17.0. The molecule has 27 heavy (non-hydrogen) atoms. The number of fused-ring (bicyclic) bond motifs is 1. The zero-order valence-corrected chi connectivity index (χ0v) is 16.8. The van der Waals surface area contributed by atoms with Crippen molar-refractivity contribution in [3.63, 3.8) is 0 Å². The summed E-state index contributed by atoms with van der Waals surface area (Å²) in [5, 5.41) is 17.2. The minimum absolute atomic E-state index is 0.194. The van der Waals surface area contributed by atoms with Crippen molar-refractivity contribution in [2.45, 2.75) is 44.6 Å². The van der Waals surface area contributed by atoms with Gasteiger partial charge in [-0.05, 0) is 0 Å². The van der Waals surface area contributed by atoms with Gasteiger partial charge in [-0.1, -0.05) is 0 Å². The molecule has 5 atom stereocenters. The van der Waals surface area contributed by atoms with Crippen LogP contribution in [0.4, 0.5) is 0 Å². The molecule has 4 aliphatic rings. The molecule has 2 saturated heterocycles. The van der Waals surface area contributed by atoms with Crippen molar-refractivity contribution in [2.75, 3.05) is 26.4 Å². The molecular formula is C14H28BN6O5P. The van der Waals surface area contributed by atoms with E-state index in [2.05, 4.69) is 29.4 Å². The van der Waals surface area contributed by atoms with Gasteiger partial charge in [0.05, 0.1) is 0 Å². The molecule has 0 bridgehead atoms. The summed E-state index contributed by atoms with van der Waals surface area (Å²) in [4.78, 5) is 18.8. The summed E-state index contributed by atoms with van der Waals surface area (Å²) in [7, 11) is -1.68. The number of hydrogen-bond acceptors (Lipinski definition) is 11. The minimum atomic E-state index is -3.22. The van der Waals surface area contributed by atoms with Crippen molar-refractivity contribution in [3.05, 3.63) is 11.5 Å². The number of guanidine groups is 1. The molecule has 13 heteroatoms. The van der Waals surface area contributed by atoms with Crippen LogP contribution in [0.15, 0.2) is 16.5 Å². The van der Waals surface area contributed by atoms with Crippen molar-refractivity contribution >= 4 is 21.3 Å². The van der Waals surface area contributed by atoms with Gasteiger partial charge in [0.25, 0.3) is 0 Å². The molecule has 4 heterocycles. The Bertz CT molecular complexity index is 662. The number of nitrogens with two attached hydrogens (primary N) is 1. The average Bonchev–Trinajstić information content (AvgIpc) is 3.17. The van der Waals surface area contributed by atoms with E-state index in [1.165, 1.54) is 7.57 Å². The van der Waals surface area contributed by atoms with Gasteiger partial charge in [-0.15, -0.1) is 0 Å². The SMILES string of the molecule is B[PH]1(O)OCC2OC(N3CNC4=C3N=C(N(CC)CC)NC4N)C(O)[C@@H]2O1. The van der Waals surface area contributed by atoms with E-state index in [9.17, 15) is 10.00 Å². The first-order chi connectivity index (χ1) is 12.8. The number of rotatable bonds is 3. The topological polar surface area (TPSA) is 137 Å². The van der Waals surface area contributed by atoms with Gasteiger partial charge in [-0.3, -0.25) is 0 Å². The molecule has 0 aromatic heterocycles. The molecule has 152 valence electrons. The number of ether oxygens (including phenoxy) is 1. The molecule has 4 rings (SSSR count). The second-order valence-electron chi connectivity index (χ2n) is 7.12. The Morgan fingerprint density at radius 2 is 2.19 bits per heavy atom. The van der Waals surface area contributed by atoms with Crippen LogP contribution in [-0.2, 0) is 13.8 Å². The average molecular weight is 402 g/mol. The Morgan fingerprint density at radius 3 is 2.89 bits per heavy atom. The molecule has 11 nitrogen and oxygen atoms in total. The van der Waals surface area contributed by atoms with Crippen molar-refractivity contribution < 1.29 is 23.8 Å². The fourth-order valence-electron chi connectivity index (χ4n) is 3.87. The molecule has 0 radical (unpaired) electrons. The van der Waals surface area contributed by atoms with Gasteiger partial charge in [-0.25, -0.2) is 0 Å². The van der Waals surface area contributed by atoms with E-state index in [0.29, 0.717) is 18.4 Å².